The minimum Gasteiger partial charge on any atom is -0.354 e. The Bertz CT molecular complexity index is 1360. The summed E-state index contributed by atoms with van der Waals surface area (Å²) in [4.78, 5) is 29.2. The van der Waals surface area contributed by atoms with Gasteiger partial charge in [0.05, 0.1) is 11.9 Å². The second kappa shape index (κ2) is 15.0. The highest BCUT2D eigenvalue weighted by atomic mass is 79.9. The number of nitrogens with one attached hydrogen (secondary N) is 1. The van der Waals surface area contributed by atoms with Crippen LogP contribution in [-0.4, -0.2) is 50.5 Å². The molecule has 0 unspecified atom stereocenters. The first kappa shape index (κ1) is 31.4. The summed E-state index contributed by atoms with van der Waals surface area (Å²) >= 11 is 3.49. The number of halogens is 1. The standard InChI is InChI=1S/C31H38BrN3O4S/c1-4-6-19-33-31(37)29(21-25-11-8-7-9-12-25)34(22-26-13-10-14-27(32)20-26)30(36)23-35(40(3,38)39)28-17-15-24(5-2)16-18-28/h7-18,20,29H,4-6,19,21-23H2,1-3H3,(H,33,37)/t29-/m1/s1. The van der Waals surface area contributed by atoms with Crippen LogP contribution >= 0.6 is 15.9 Å². The molecule has 3 aromatic carbocycles. The lowest BCUT2D eigenvalue weighted by molar-refractivity contribution is -0.140. The largest absolute Gasteiger partial charge is 0.354 e. The van der Waals surface area contributed by atoms with E-state index in [1.807, 2.05) is 80.6 Å². The van der Waals surface area contributed by atoms with Crippen molar-refractivity contribution in [3.63, 3.8) is 0 Å². The highest BCUT2D eigenvalue weighted by molar-refractivity contribution is 9.10. The molecular formula is C31H38BrN3O4S. The van der Waals surface area contributed by atoms with Gasteiger partial charge in [-0.1, -0.05) is 90.8 Å². The van der Waals surface area contributed by atoms with Gasteiger partial charge in [-0.15, -0.1) is 0 Å². The van der Waals surface area contributed by atoms with E-state index < -0.39 is 28.5 Å². The van der Waals surface area contributed by atoms with Gasteiger partial charge in [0.1, 0.15) is 12.6 Å². The predicted molar refractivity (Wildman–Crippen MR) is 165 cm³/mol. The van der Waals surface area contributed by atoms with Gasteiger partial charge in [-0.25, -0.2) is 8.42 Å². The fraction of sp³-hybridized carbons (Fsp3) is 0.355. The fourth-order valence-corrected chi connectivity index (χ4v) is 5.70. The maximum absolute atomic E-state index is 14.1. The molecule has 2 amide bonds. The number of hydrogen-bond acceptors (Lipinski definition) is 4. The minimum atomic E-state index is -3.79. The van der Waals surface area contributed by atoms with Crippen molar-refractivity contribution in [1.82, 2.24) is 10.2 Å². The molecule has 3 aromatic rings. The van der Waals surface area contributed by atoms with Crippen molar-refractivity contribution >= 4 is 43.5 Å². The Kier molecular flexibility index (Phi) is 11.8. The maximum atomic E-state index is 14.1. The van der Waals surface area contributed by atoms with Crippen LogP contribution < -0.4 is 9.62 Å². The molecule has 0 fully saturated rings. The number of sulfonamides is 1. The summed E-state index contributed by atoms with van der Waals surface area (Å²) in [7, 11) is -3.79. The molecule has 3 rings (SSSR count). The normalized spacial score (nSPS) is 12.0. The number of unbranched alkanes of at least 4 members (excludes halogenated alkanes) is 1. The molecule has 0 saturated heterocycles. The quantitative estimate of drug-likeness (QED) is 0.245. The second-order valence-electron chi connectivity index (χ2n) is 9.79. The van der Waals surface area contributed by atoms with Gasteiger partial charge >= 0.3 is 0 Å². The van der Waals surface area contributed by atoms with Crippen LogP contribution in [0.15, 0.2) is 83.3 Å². The lowest BCUT2D eigenvalue weighted by Crippen LogP contribution is -2.53. The molecule has 0 spiro atoms. The van der Waals surface area contributed by atoms with Gasteiger partial charge in [-0.2, -0.15) is 0 Å². The van der Waals surface area contributed by atoms with Gasteiger partial charge < -0.3 is 10.2 Å². The average molecular weight is 629 g/mol. The van der Waals surface area contributed by atoms with Crippen LogP contribution in [0.4, 0.5) is 5.69 Å². The number of amides is 2. The molecule has 0 saturated carbocycles. The van der Waals surface area contributed by atoms with E-state index in [2.05, 4.69) is 21.2 Å². The van der Waals surface area contributed by atoms with Crippen molar-refractivity contribution in [1.29, 1.82) is 0 Å². The molecule has 1 N–H and O–H groups in total. The van der Waals surface area contributed by atoms with E-state index in [-0.39, 0.29) is 12.5 Å². The smallest absolute Gasteiger partial charge is 0.244 e. The molecule has 0 aliphatic rings. The molecule has 0 aliphatic heterocycles. The van der Waals surface area contributed by atoms with Gasteiger partial charge in [-0.05, 0) is 53.8 Å². The number of hydrogen-bond donors (Lipinski definition) is 1. The van der Waals surface area contributed by atoms with Crippen LogP contribution in [0.3, 0.4) is 0 Å². The number of anilines is 1. The van der Waals surface area contributed by atoms with E-state index in [0.717, 1.165) is 51.0 Å². The number of carbonyl (C=O) groups excluding carboxylic acids is 2. The SMILES string of the molecule is CCCCNC(=O)[C@@H](Cc1ccccc1)N(Cc1cccc(Br)c1)C(=O)CN(c1ccc(CC)cc1)S(C)(=O)=O. The summed E-state index contributed by atoms with van der Waals surface area (Å²) in [5.41, 5.74) is 3.19. The monoisotopic (exact) mass is 627 g/mol. The Morgan fingerprint density at radius 1 is 0.900 bits per heavy atom. The first-order chi connectivity index (χ1) is 19.1. The van der Waals surface area contributed by atoms with E-state index in [4.69, 9.17) is 0 Å². The predicted octanol–water partition coefficient (Wildman–Crippen LogP) is 5.33. The third-order valence-corrected chi connectivity index (χ3v) is 8.29. The summed E-state index contributed by atoms with van der Waals surface area (Å²) in [5.74, 6) is -0.726. The van der Waals surface area contributed by atoms with Crippen LogP contribution in [0.25, 0.3) is 0 Å². The van der Waals surface area contributed by atoms with Gasteiger partial charge in [0.15, 0.2) is 0 Å². The van der Waals surface area contributed by atoms with E-state index >= 15 is 0 Å². The lowest BCUT2D eigenvalue weighted by Gasteiger charge is -2.33. The zero-order chi connectivity index (χ0) is 29.1. The van der Waals surface area contributed by atoms with Gasteiger partial charge in [0, 0.05) is 24.0 Å². The molecule has 40 heavy (non-hydrogen) atoms. The third-order valence-electron chi connectivity index (χ3n) is 6.65. The Hall–Kier alpha value is -3.17. The number of nitrogens with zero attached hydrogens (tertiary/aromatic N) is 2. The molecule has 9 heteroatoms. The average Bonchev–Trinajstić information content (AvgIpc) is 2.93. The molecule has 1 atom stereocenters. The summed E-state index contributed by atoms with van der Waals surface area (Å²) in [6.45, 7) is 4.28. The minimum absolute atomic E-state index is 0.142. The van der Waals surface area contributed by atoms with Crippen molar-refractivity contribution in [2.75, 3.05) is 23.7 Å². The second-order valence-corrected chi connectivity index (χ2v) is 12.6. The van der Waals surface area contributed by atoms with Crippen LogP contribution in [0.1, 0.15) is 43.4 Å². The molecule has 214 valence electrons. The lowest BCUT2D eigenvalue weighted by atomic mass is 10.0. The van der Waals surface area contributed by atoms with Crippen molar-refractivity contribution < 1.29 is 18.0 Å². The van der Waals surface area contributed by atoms with E-state index in [1.165, 1.54) is 4.90 Å². The highest BCUT2D eigenvalue weighted by Crippen LogP contribution is 2.22. The number of aryl methyl sites for hydroxylation is 1. The Morgan fingerprint density at radius 2 is 1.57 bits per heavy atom. The molecule has 7 nitrogen and oxygen atoms in total. The summed E-state index contributed by atoms with van der Waals surface area (Å²) in [6.07, 6.45) is 3.93. The van der Waals surface area contributed by atoms with Crippen LogP contribution in [0.2, 0.25) is 0 Å². The third kappa shape index (κ3) is 9.20. The molecule has 0 heterocycles. The summed E-state index contributed by atoms with van der Waals surface area (Å²) in [5, 5.41) is 2.99. The highest BCUT2D eigenvalue weighted by Gasteiger charge is 2.33. The van der Waals surface area contributed by atoms with Gasteiger partial charge in [0.2, 0.25) is 21.8 Å². The zero-order valence-corrected chi connectivity index (χ0v) is 25.7. The summed E-state index contributed by atoms with van der Waals surface area (Å²) < 4.78 is 27.7. The van der Waals surface area contributed by atoms with Crippen molar-refractivity contribution in [2.24, 2.45) is 0 Å². The molecule has 0 radical (unpaired) electrons. The number of rotatable bonds is 14. The van der Waals surface area contributed by atoms with Gasteiger partial charge in [0.25, 0.3) is 0 Å². The molecule has 0 aliphatic carbocycles. The van der Waals surface area contributed by atoms with E-state index in [1.54, 1.807) is 12.1 Å². The zero-order valence-electron chi connectivity index (χ0n) is 23.3. The van der Waals surface area contributed by atoms with E-state index in [0.29, 0.717) is 18.7 Å². The first-order valence-corrected chi connectivity index (χ1v) is 16.2. The van der Waals surface area contributed by atoms with Crippen molar-refractivity contribution in [3.05, 3.63) is 100 Å². The molecule has 0 aromatic heterocycles. The Labute approximate surface area is 246 Å². The van der Waals surface area contributed by atoms with Crippen LogP contribution in [0, 0.1) is 0 Å². The fourth-order valence-electron chi connectivity index (χ4n) is 4.40. The topological polar surface area (TPSA) is 86.8 Å². The van der Waals surface area contributed by atoms with Gasteiger partial charge in [-0.3, -0.25) is 13.9 Å². The van der Waals surface area contributed by atoms with Crippen molar-refractivity contribution in [2.45, 2.75) is 52.1 Å². The van der Waals surface area contributed by atoms with Crippen LogP contribution in [0.5, 0.6) is 0 Å². The summed E-state index contributed by atoms with van der Waals surface area (Å²) in [6, 6.07) is 23.4. The van der Waals surface area contributed by atoms with E-state index in [9.17, 15) is 18.0 Å². The Balaban J connectivity index is 2.02. The molecule has 0 bridgehead atoms. The number of benzene rings is 3. The van der Waals surface area contributed by atoms with Crippen molar-refractivity contribution in [3.8, 4) is 0 Å². The maximum Gasteiger partial charge on any atom is 0.244 e. The Morgan fingerprint density at radius 3 is 2.17 bits per heavy atom. The number of carbonyl (C=O) groups is 2. The molecular weight excluding hydrogens is 590 g/mol. The first-order valence-electron chi connectivity index (χ1n) is 13.5. The van der Waals surface area contributed by atoms with Crippen LogP contribution in [-0.2, 0) is 39.0 Å².